The van der Waals surface area contributed by atoms with E-state index in [9.17, 15) is 9.59 Å². The van der Waals surface area contributed by atoms with Crippen LogP contribution in [0.1, 0.15) is 24.3 Å². The molecule has 2 saturated heterocycles. The first-order valence-corrected chi connectivity index (χ1v) is 11.7. The summed E-state index contributed by atoms with van der Waals surface area (Å²) in [5, 5.41) is 5.15. The summed E-state index contributed by atoms with van der Waals surface area (Å²) in [7, 11) is 0. The zero-order valence-electron chi connectivity index (χ0n) is 17.8. The van der Waals surface area contributed by atoms with Crippen LogP contribution >= 0.6 is 11.3 Å². The van der Waals surface area contributed by atoms with E-state index in [2.05, 4.69) is 48.3 Å². The Hall–Kier alpha value is -2.18. The maximum absolute atomic E-state index is 13.0. The Bertz CT molecular complexity index is 860. The van der Waals surface area contributed by atoms with Crippen molar-refractivity contribution < 1.29 is 9.59 Å². The predicted molar refractivity (Wildman–Crippen MR) is 120 cm³/mol. The van der Waals surface area contributed by atoms with Gasteiger partial charge in [0, 0.05) is 49.6 Å². The molecule has 1 aromatic carbocycles. The van der Waals surface area contributed by atoms with Crippen molar-refractivity contribution in [1.82, 2.24) is 15.1 Å². The highest BCUT2D eigenvalue weighted by Crippen LogP contribution is 2.44. The van der Waals surface area contributed by atoms with Crippen molar-refractivity contribution in [2.45, 2.75) is 26.8 Å². The molecule has 2 amide bonds. The first kappa shape index (κ1) is 21.1. The van der Waals surface area contributed by atoms with Crippen molar-refractivity contribution in [2.75, 3.05) is 32.7 Å². The Balaban J connectivity index is 1.43. The molecule has 1 atom stereocenters. The summed E-state index contributed by atoms with van der Waals surface area (Å²) < 4.78 is 0. The molecule has 160 valence electrons. The molecule has 0 aliphatic carbocycles. The van der Waals surface area contributed by atoms with Crippen molar-refractivity contribution >= 4 is 23.2 Å². The average molecular weight is 426 g/mol. The minimum Gasteiger partial charge on any atom is -0.356 e. The van der Waals surface area contributed by atoms with E-state index in [1.54, 1.807) is 11.3 Å². The molecule has 5 nitrogen and oxygen atoms in total. The first-order valence-electron chi connectivity index (χ1n) is 10.8. The number of benzene rings is 1. The Kier molecular flexibility index (Phi) is 6.25. The monoisotopic (exact) mass is 425 g/mol. The summed E-state index contributed by atoms with van der Waals surface area (Å²) in [6, 6.07) is 14.4. The van der Waals surface area contributed by atoms with Gasteiger partial charge in [0.2, 0.25) is 11.8 Å². The molecular weight excluding hydrogens is 394 g/mol. The van der Waals surface area contributed by atoms with Gasteiger partial charge in [0.15, 0.2) is 0 Å². The number of nitrogens with one attached hydrogen (secondary N) is 1. The molecule has 0 saturated carbocycles. The van der Waals surface area contributed by atoms with Gasteiger partial charge in [-0.05, 0) is 22.9 Å². The zero-order valence-corrected chi connectivity index (χ0v) is 18.7. The minimum absolute atomic E-state index is 0.0641. The molecule has 6 heteroatoms. The molecule has 1 N–H and O–H groups in total. The Labute approximate surface area is 183 Å². The van der Waals surface area contributed by atoms with Gasteiger partial charge in [-0.15, -0.1) is 11.3 Å². The molecule has 0 bridgehead atoms. The highest BCUT2D eigenvalue weighted by atomic mass is 32.1. The second kappa shape index (κ2) is 8.90. The van der Waals surface area contributed by atoms with Crippen LogP contribution in [-0.4, -0.2) is 54.3 Å². The maximum atomic E-state index is 13.0. The summed E-state index contributed by atoms with van der Waals surface area (Å²) >= 11 is 1.62. The standard InChI is InChI=1S/C24H31N3O2S/c1-18(2)12-25-23(29)21-14-26(13-19-7-4-3-5-8-19)15-24(21)16-27(17-24)22(28)11-20-9-6-10-30-20/h3-10,18,21H,11-17H2,1-2H3,(H,25,29). The third kappa shape index (κ3) is 4.60. The van der Waals surface area contributed by atoms with Crippen LogP contribution < -0.4 is 5.32 Å². The molecule has 4 rings (SSSR count). The number of nitrogens with zero attached hydrogens (tertiary/aromatic N) is 2. The van der Waals surface area contributed by atoms with Crippen molar-refractivity contribution in [3.05, 3.63) is 58.3 Å². The van der Waals surface area contributed by atoms with Crippen LogP contribution in [-0.2, 0) is 22.6 Å². The molecule has 1 unspecified atom stereocenters. The van der Waals surface area contributed by atoms with Gasteiger partial charge >= 0.3 is 0 Å². The Morgan fingerprint density at radius 3 is 2.57 bits per heavy atom. The van der Waals surface area contributed by atoms with Crippen molar-refractivity contribution in [3.63, 3.8) is 0 Å². The number of thiophene rings is 1. The zero-order chi connectivity index (χ0) is 21.1. The van der Waals surface area contributed by atoms with E-state index in [-0.39, 0.29) is 23.1 Å². The number of carbonyl (C=O) groups excluding carboxylic acids is 2. The third-order valence-electron chi connectivity index (χ3n) is 6.24. The summed E-state index contributed by atoms with van der Waals surface area (Å²) in [5.41, 5.74) is 1.14. The number of likely N-dealkylation sites (tertiary alicyclic amines) is 2. The lowest BCUT2D eigenvalue weighted by Crippen LogP contribution is -2.64. The fraction of sp³-hybridized carbons (Fsp3) is 0.500. The molecule has 2 aliphatic heterocycles. The summed E-state index contributed by atoms with van der Waals surface area (Å²) in [4.78, 5) is 31.2. The SMILES string of the molecule is CC(C)CNC(=O)C1CN(Cc2ccccc2)CC12CN(C(=O)Cc1cccs1)C2. The average Bonchev–Trinajstić information content (AvgIpc) is 3.33. The van der Waals surface area contributed by atoms with Gasteiger partial charge in [-0.3, -0.25) is 14.5 Å². The maximum Gasteiger partial charge on any atom is 0.227 e. The van der Waals surface area contributed by atoms with Gasteiger partial charge in [0.05, 0.1) is 12.3 Å². The number of carbonyl (C=O) groups is 2. The third-order valence-corrected chi connectivity index (χ3v) is 7.11. The number of hydrogen-bond acceptors (Lipinski definition) is 4. The Morgan fingerprint density at radius 1 is 1.13 bits per heavy atom. The van der Waals surface area contributed by atoms with E-state index in [4.69, 9.17) is 0 Å². The van der Waals surface area contributed by atoms with Crippen LogP contribution in [0.5, 0.6) is 0 Å². The van der Waals surface area contributed by atoms with Crippen LogP contribution in [0.3, 0.4) is 0 Å². The van der Waals surface area contributed by atoms with Crippen LogP contribution in [0, 0.1) is 17.3 Å². The molecule has 2 aliphatic rings. The largest absolute Gasteiger partial charge is 0.356 e. The quantitative estimate of drug-likeness (QED) is 0.742. The lowest BCUT2D eigenvalue weighted by Gasteiger charge is -2.50. The lowest BCUT2D eigenvalue weighted by molar-refractivity contribution is -0.149. The van der Waals surface area contributed by atoms with Crippen LogP contribution in [0.2, 0.25) is 0 Å². The first-order chi connectivity index (χ1) is 14.4. The highest BCUT2D eigenvalue weighted by molar-refractivity contribution is 7.10. The van der Waals surface area contributed by atoms with Crippen LogP contribution in [0.25, 0.3) is 0 Å². The molecule has 1 spiro atoms. The summed E-state index contributed by atoms with van der Waals surface area (Å²) in [5.74, 6) is 0.679. The smallest absolute Gasteiger partial charge is 0.227 e. The number of rotatable bonds is 7. The van der Waals surface area contributed by atoms with Crippen LogP contribution in [0.4, 0.5) is 0 Å². The second-order valence-corrected chi connectivity index (χ2v) is 10.2. The molecule has 3 heterocycles. The second-order valence-electron chi connectivity index (χ2n) is 9.22. The van der Waals surface area contributed by atoms with Gasteiger partial charge in [-0.25, -0.2) is 0 Å². The normalized spacial score (nSPS) is 20.5. The topological polar surface area (TPSA) is 52.7 Å². The van der Waals surface area contributed by atoms with E-state index < -0.39 is 0 Å². The Morgan fingerprint density at radius 2 is 1.90 bits per heavy atom. The van der Waals surface area contributed by atoms with E-state index in [1.807, 2.05) is 28.5 Å². The molecule has 30 heavy (non-hydrogen) atoms. The minimum atomic E-state index is -0.124. The fourth-order valence-electron chi connectivity index (χ4n) is 4.71. The lowest BCUT2D eigenvalue weighted by atomic mass is 9.71. The van der Waals surface area contributed by atoms with E-state index >= 15 is 0 Å². The molecule has 0 radical (unpaired) electrons. The molecular formula is C24H31N3O2S. The number of amides is 2. The summed E-state index contributed by atoms with van der Waals surface area (Å²) in [6.07, 6.45) is 0.464. The van der Waals surface area contributed by atoms with Gasteiger partial charge in [0.25, 0.3) is 0 Å². The van der Waals surface area contributed by atoms with Gasteiger partial charge in [-0.2, -0.15) is 0 Å². The van der Waals surface area contributed by atoms with Gasteiger partial charge in [0.1, 0.15) is 0 Å². The number of hydrogen-bond donors (Lipinski definition) is 1. The van der Waals surface area contributed by atoms with Crippen LogP contribution in [0.15, 0.2) is 47.8 Å². The summed E-state index contributed by atoms with van der Waals surface area (Å²) in [6.45, 7) is 8.76. The molecule has 1 aromatic heterocycles. The van der Waals surface area contributed by atoms with E-state index in [0.29, 0.717) is 32.0 Å². The van der Waals surface area contributed by atoms with E-state index in [1.165, 1.54) is 5.56 Å². The highest BCUT2D eigenvalue weighted by Gasteiger charge is 2.57. The van der Waals surface area contributed by atoms with Gasteiger partial charge < -0.3 is 10.2 Å². The fourth-order valence-corrected chi connectivity index (χ4v) is 5.40. The molecule has 2 fully saturated rings. The van der Waals surface area contributed by atoms with Crippen molar-refractivity contribution in [2.24, 2.45) is 17.3 Å². The van der Waals surface area contributed by atoms with Crippen molar-refractivity contribution in [1.29, 1.82) is 0 Å². The predicted octanol–water partition coefficient (Wildman–Crippen LogP) is 3.02. The van der Waals surface area contributed by atoms with Gasteiger partial charge in [-0.1, -0.05) is 50.2 Å². The van der Waals surface area contributed by atoms with E-state index in [0.717, 1.165) is 24.5 Å². The van der Waals surface area contributed by atoms with Crippen molar-refractivity contribution in [3.8, 4) is 0 Å². The molecule has 2 aromatic rings.